The smallest absolute Gasteiger partial charge is 0.319 e. The zero-order valence-corrected chi connectivity index (χ0v) is 10.8. The molecule has 1 atom stereocenters. The van der Waals surface area contributed by atoms with Crippen molar-refractivity contribution in [3.63, 3.8) is 0 Å². The molecular formula is C13H18ClNO2. The molecular weight excluding hydrogens is 238 g/mol. The van der Waals surface area contributed by atoms with Crippen molar-refractivity contribution >= 4 is 18.4 Å². The van der Waals surface area contributed by atoms with Crippen LogP contribution in [0.5, 0.6) is 0 Å². The van der Waals surface area contributed by atoms with E-state index >= 15 is 0 Å². The van der Waals surface area contributed by atoms with E-state index < -0.39 is 0 Å². The highest BCUT2D eigenvalue weighted by atomic mass is 35.5. The number of hydrogen-bond acceptors (Lipinski definition) is 3. The molecule has 0 saturated carbocycles. The van der Waals surface area contributed by atoms with E-state index in [0.29, 0.717) is 12.6 Å². The van der Waals surface area contributed by atoms with Crippen molar-refractivity contribution in [1.29, 1.82) is 0 Å². The molecule has 2 rings (SSSR count). The molecule has 0 heterocycles. The van der Waals surface area contributed by atoms with Crippen molar-refractivity contribution in [2.75, 3.05) is 13.7 Å². The lowest BCUT2D eigenvalue weighted by Crippen LogP contribution is -2.38. The third kappa shape index (κ3) is 3.72. The fourth-order valence-electron chi connectivity index (χ4n) is 2.17. The third-order valence-corrected chi connectivity index (χ3v) is 3.11. The minimum absolute atomic E-state index is 0. The minimum Gasteiger partial charge on any atom is -0.468 e. The summed E-state index contributed by atoms with van der Waals surface area (Å²) in [6.07, 6.45) is 3.19. The maximum Gasteiger partial charge on any atom is 0.319 e. The summed E-state index contributed by atoms with van der Waals surface area (Å²) >= 11 is 0. The molecule has 1 aliphatic carbocycles. The molecule has 0 radical (unpaired) electrons. The molecule has 0 fully saturated rings. The SMILES string of the molecule is COC(=O)CN[C@@H]1CCc2ccccc2C1.Cl. The average molecular weight is 256 g/mol. The van der Waals surface area contributed by atoms with Crippen molar-refractivity contribution in [1.82, 2.24) is 5.32 Å². The van der Waals surface area contributed by atoms with Gasteiger partial charge in [0.15, 0.2) is 0 Å². The number of aryl methyl sites for hydroxylation is 1. The summed E-state index contributed by atoms with van der Waals surface area (Å²) < 4.78 is 4.61. The van der Waals surface area contributed by atoms with Crippen LogP contribution in [0.4, 0.5) is 0 Å². The van der Waals surface area contributed by atoms with E-state index in [9.17, 15) is 4.79 Å². The first-order valence-corrected chi connectivity index (χ1v) is 5.66. The van der Waals surface area contributed by atoms with Crippen LogP contribution in [-0.4, -0.2) is 25.7 Å². The normalized spacial score (nSPS) is 17.8. The minimum atomic E-state index is -0.196. The number of carbonyl (C=O) groups is 1. The number of esters is 1. The molecule has 0 amide bonds. The van der Waals surface area contributed by atoms with Crippen LogP contribution in [0, 0.1) is 0 Å². The Morgan fingerprint density at radius 1 is 1.41 bits per heavy atom. The lowest BCUT2D eigenvalue weighted by molar-refractivity contribution is -0.139. The predicted molar refractivity (Wildman–Crippen MR) is 69.5 cm³/mol. The molecule has 0 spiro atoms. The first-order chi connectivity index (χ1) is 7.79. The standard InChI is InChI=1S/C13H17NO2.ClH/c1-16-13(15)9-14-12-7-6-10-4-2-3-5-11(10)8-12;/h2-5,12,14H,6-9H2,1H3;1H/t12-;/m1./s1. The maximum atomic E-state index is 11.0. The number of benzene rings is 1. The highest BCUT2D eigenvalue weighted by Gasteiger charge is 2.18. The lowest BCUT2D eigenvalue weighted by atomic mass is 9.88. The Morgan fingerprint density at radius 3 is 2.82 bits per heavy atom. The second-order valence-corrected chi connectivity index (χ2v) is 4.17. The molecule has 4 heteroatoms. The molecule has 1 aromatic rings. The molecule has 0 bridgehead atoms. The summed E-state index contributed by atoms with van der Waals surface area (Å²) in [5.41, 5.74) is 2.84. The van der Waals surface area contributed by atoms with E-state index in [4.69, 9.17) is 0 Å². The quantitative estimate of drug-likeness (QED) is 0.836. The van der Waals surface area contributed by atoms with Crippen molar-refractivity contribution in [3.8, 4) is 0 Å². The summed E-state index contributed by atoms with van der Waals surface area (Å²) in [7, 11) is 1.42. The fraction of sp³-hybridized carbons (Fsp3) is 0.462. The molecule has 17 heavy (non-hydrogen) atoms. The van der Waals surface area contributed by atoms with Crippen LogP contribution in [-0.2, 0) is 22.4 Å². The highest BCUT2D eigenvalue weighted by molar-refractivity contribution is 5.85. The Balaban J connectivity index is 0.00000144. The Morgan fingerprint density at radius 2 is 2.12 bits per heavy atom. The van der Waals surface area contributed by atoms with Gasteiger partial charge >= 0.3 is 5.97 Å². The Kier molecular flexibility index (Phi) is 5.45. The Hall–Kier alpha value is -1.06. The van der Waals surface area contributed by atoms with Crippen LogP contribution in [0.25, 0.3) is 0 Å². The zero-order chi connectivity index (χ0) is 11.4. The van der Waals surface area contributed by atoms with Crippen LogP contribution in [0.2, 0.25) is 0 Å². The molecule has 1 aromatic carbocycles. The zero-order valence-electron chi connectivity index (χ0n) is 9.94. The van der Waals surface area contributed by atoms with Crippen LogP contribution >= 0.6 is 12.4 Å². The van der Waals surface area contributed by atoms with E-state index in [2.05, 4.69) is 34.3 Å². The van der Waals surface area contributed by atoms with E-state index in [-0.39, 0.29) is 18.4 Å². The predicted octanol–water partition coefficient (Wildman–Crippen LogP) is 1.73. The van der Waals surface area contributed by atoms with E-state index in [1.807, 2.05) is 0 Å². The third-order valence-electron chi connectivity index (χ3n) is 3.11. The largest absolute Gasteiger partial charge is 0.468 e. The summed E-state index contributed by atoms with van der Waals surface area (Å²) in [5, 5.41) is 3.24. The Bertz CT molecular complexity index is 381. The number of methoxy groups -OCH3 is 1. The second-order valence-electron chi connectivity index (χ2n) is 4.17. The fourth-order valence-corrected chi connectivity index (χ4v) is 2.17. The lowest BCUT2D eigenvalue weighted by Gasteiger charge is -2.25. The number of ether oxygens (including phenoxy) is 1. The van der Waals surface area contributed by atoms with Gasteiger partial charge in [-0.15, -0.1) is 12.4 Å². The van der Waals surface area contributed by atoms with Gasteiger partial charge in [0.25, 0.3) is 0 Å². The van der Waals surface area contributed by atoms with Gasteiger partial charge < -0.3 is 10.1 Å². The van der Waals surface area contributed by atoms with Gasteiger partial charge in [0.05, 0.1) is 13.7 Å². The molecule has 0 aromatic heterocycles. The van der Waals surface area contributed by atoms with Crippen LogP contribution in [0.15, 0.2) is 24.3 Å². The second kappa shape index (κ2) is 6.62. The first-order valence-electron chi connectivity index (χ1n) is 5.66. The summed E-state index contributed by atoms with van der Waals surface area (Å²) in [6, 6.07) is 8.91. The van der Waals surface area contributed by atoms with Gasteiger partial charge in [-0.3, -0.25) is 4.79 Å². The van der Waals surface area contributed by atoms with Crippen molar-refractivity contribution in [3.05, 3.63) is 35.4 Å². The maximum absolute atomic E-state index is 11.0. The summed E-state index contributed by atoms with van der Waals surface area (Å²) in [6.45, 7) is 0.309. The molecule has 0 unspecified atom stereocenters. The summed E-state index contributed by atoms with van der Waals surface area (Å²) in [4.78, 5) is 11.0. The Labute approximate surface area is 108 Å². The number of halogens is 1. The van der Waals surface area contributed by atoms with Gasteiger partial charge in [0, 0.05) is 6.04 Å². The van der Waals surface area contributed by atoms with Crippen molar-refractivity contribution in [2.24, 2.45) is 0 Å². The van der Waals surface area contributed by atoms with Crippen LogP contribution in [0.1, 0.15) is 17.5 Å². The molecule has 94 valence electrons. The molecule has 0 saturated heterocycles. The first kappa shape index (κ1) is 14.0. The van der Waals surface area contributed by atoms with Crippen molar-refractivity contribution in [2.45, 2.75) is 25.3 Å². The number of rotatable bonds is 3. The molecule has 3 nitrogen and oxygen atoms in total. The van der Waals surface area contributed by atoms with E-state index in [0.717, 1.165) is 19.3 Å². The van der Waals surface area contributed by atoms with Crippen LogP contribution in [0.3, 0.4) is 0 Å². The molecule has 1 N–H and O–H groups in total. The number of carbonyl (C=O) groups excluding carboxylic acids is 1. The van der Waals surface area contributed by atoms with E-state index in [1.54, 1.807) is 0 Å². The number of hydrogen-bond donors (Lipinski definition) is 1. The average Bonchev–Trinajstić information content (AvgIpc) is 2.35. The monoisotopic (exact) mass is 255 g/mol. The van der Waals surface area contributed by atoms with Gasteiger partial charge in [-0.25, -0.2) is 0 Å². The van der Waals surface area contributed by atoms with Gasteiger partial charge in [-0.05, 0) is 30.4 Å². The van der Waals surface area contributed by atoms with Crippen LogP contribution < -0.4 is 5.32 Å². The molecule has 0 aliphatic heterocycles. The van der Waals surface area contributed by atoms with Gasteiger partial charge in [0.2, 0.25) is 0 Å². The van der Waals surface area contributed by atoms with Crippen molar-refractivity contribution < 1.29 is 9.53 Å². The molecule has 1 aliphatic rings. The highest BCUT2D eigenvalue weighted by Crippen LogP contribution is 2.20. The topological polar surface area (TPSA) is 38.3 Å². The summed E-state index contributed by atoms with van der Waals surface area (Å²) in [5.74, 6) is -0.196. The van der Waals surface area contributed by atoms with Gasteiger partial charge in [0.1, 0.15) is 0 Å². The van der Waals surface area contributed by atoms with Gasteiger partial charge in [-0.1, -0.05) is 24.3 Å². The number of nitrogens with one attached hydrogen (secondary N) is 1. The van der Waals surface area contributed by atoms with E-state index in [1.165, 1.54) is 18.2 Å². The number of fused-ring (bicyclic) bond motifs is 1. The van der Waals surface area contributed by atoms with Gasteiger partial charge in [-0.2, -0.15) is 0 Å².